The molecule has 156 valence electrons. The second-order valence-corrected chi connectivity index (χ2v) is 8.97. The highest BCUT2D eigenvalue weighted by Crippen LogP contribution is 2.47. The largest absolute Gasteiger partial charge is 0.479 e. The second-order valence-electron chi connectivity index (χ2n) is 6.86. The molecule has 3 N–H and O–H groups in total. The Hall–Kier alpha value is -2.86. The SMILES string of the molecule is Cn1nnnc1SCC1=C(N)S[C@@H]2[C@H](C(=O)Cc3ccccc3)C(=O)N2[C@H]1C(=O)O. The number of thioether (sulfide) groups is 2. The average Bonchev–Trinajstić information content (AvgIpc) is 3.12. The van der Waals surface area contributed by atoms with E-state index in [1.807, 2.05) is 30.3 Å². The van der Waals surface area contributed by atoms with Crippen LogP contribution in [0.5, 0.6) is 0 Å². The maximum atomic E-state index is 12.8. The molecular formula is C18H18N6O4S2. The predicted molar refractivity (Wildman–Crippen MR) is 109 cm³/mol. The van der Waals surface area contributed by atoms with E-state index in [0.717, 1.165) is 17.3 Å². The van der Waals surface area contributed by atoms with Crippen LogP contribution in [-0.2, 0) is 27.9 Å². The van der Waals surface area contributed by atoms with Gasteiger partial charge in [0, 0.05) is 24.8 Å². The van der Waals surface area contributed by atoms with Gasteiger partial charge in [-0.1, -0.05) is 53.9 Å². The van der Waals surface area contributed by atoms with Crippen molar-refractivity contribution in [2.75, 3.05) is 5.75 Å². The van der Waals surface area contributed by atoms with Gasteiger partial charge in [0.2, 0.25) is 11.1 Å². The van der Waals surface area contributed by atoms with Crippen molar-refractivity contribution < 1.29 is 19.5 Å². The van der Waals surface area contributed by atoms with Gasteiger partial charge in [-0.3, -0.25) is 9.59 Å². The monoisotopic (exact) mass is 446 g/mol. The number of Topliss-reactive ketones (excluding diaryl/α,β-unsaturated/α-hetero) is 1. The zero-order valence-corrected chi connectivity index (χ0v) is 17.5. The first kappa shape index (κ1) is 20.4. The van der Waals surface area contributed by atoms with Crippen LogP contribution in [0.1, 0.15) is 5.56 Å². The number of amides is 1. The van der Waals surface area contributed by atoms with Gasteiger partial charge in [0.1, 0.15) is 11.3 Å². The molecule has 1 aromatic carbocycles. The van der Waals surface area contributed by atoms with Gasteiger partial charge in [0.15, 0.2) is 11.8 Å². The fourth-order valence-electron chi connectivity index (χ4n) is 3.50. The van der Waals surface area contributed by atoms with Crippen LogP contribution in [-0.4, -0.2) is 65.0 Å². The fourth-order valence-corrected chi connectivity index (χ4v) is 5.85. The number of ketones is 1. The molecule has 3 atom stereocenters. The van der Waals surface area contributed by atoms with Gasteiger partial charge < -0.3 is 15.7 Å². The van der Waals surface area contributed by atoms with Crippen molar-refractivity contribution >= 4 is 41.2 Å². The molecule has 2 aliphatic rings. The highest BCUT2D eigenvalue weighted by molar-refractivity contribution is 8.04. The lowest BCUT2D eigenvalue weighted by molar-refractivity contribution is -0.165. The third kappa shape index (κ3) is 3.56. The van der Waals surface area contributed by atoms with Crippen LogP contribution < -0.4 is 5.73 Å². The van der Waals surface area contributed by atoms with E-state index < -0.39 is 29.2 Å². The average molecular weight is 447 g/mol. The van der Waals surface area contributed by atoms with Crippen molar-refractivity contribution in [1.29, 1.82) is 0 Å². The quantitative estimate of drug-likeness (QED) is 0.345. The Kier molecular flexibility index (Phi) is 5.52. The molecule has 30 heavy (non-hydrogen) atoms. The molecule has 12 heteroatoms. The molecule has 2 aromatic rings. The Morgan fingerprint density at radius 2 is 2.03 bits per heavy atom. The van der Waals surface area contributed by atoms with E-state index in [0.29, 0.717) is 15.8 Å². The fraction of sp³-hybridized carbons (Fsp3) is 0.333. The lowest BCUT2D eigenvalue weighted by Gasteiger charge is -2.51. The molecule has 1 fully saturated rings. The Bertz CT molecular complexity index is 1040. The number of aliphatic carboxylic acids is 1. The Labute approximate surface area is 179 Å². The van der Waals surface area contributed by atoms with E-state index in [9.17, 15) is 19.5 Å². The van der Waals surface area contributed by atoms with E-state index in [2.05, 4.69) is 15.5 Å². The van der Waals surface area contributed by atoms with E-state index in [1.54, 1.807) is 7.05 Å². The van der Waals surface area contributed by atoms with Gasteiger partial charge in [-0.25, -0.2) is 9.48 Å². The number of fused-ring (bicyclic) bond motifs is 1. The number of rotatable bonds is 7. The van der Waals surface area contributed by atoms with Gasteiger partial charge in [-0.05, 0) is 16.0 Å². The summed E-state index contributed by atoms with van der Waals surface area (Å²) < 4.78 is 1.46. The molecule has 1 aromatic heterocycles. The normalized spacial score (nSPS) is 23.2. The number of aromatic nitrogens is 4. The molecule has 0 aliphatic carbocycles. The number of carboxylic acids is 1. The first-order valence-electron chi connectivity index (χ1n) is 9.00. The van der Waals surface area contributed by atoms with Crippen LogP contribution in [0.4, 0.5) is 0 Å². The third-order valence-corrected chi connectivity index (χ3v) is 7.31. The first-order valence-corrected chi connectivity index (χ1v) is 10.9. The summed E-state index contributed by atoms with van der Waals surface area (Å²) in [6.45, 7) is 0. The van der Waals surface area contributed by atoms with Gasteiger partial charge in [0.05, 0.1) is 5.03 Å². The molecule has 0 bridgehead atoms. The summed E-state index contributed by atoms with van der Waals surface area (Å²) in [6, 6.07) is 7.92. The minimum absolute atomic E-state index is 0.116. The van der Waals surface area contributed by atoms with Crippen molar-refractivity contribution in [1.82, 2.24) is 25.1 Å². The van der Waals surface area contributed by atoms with Crippen molar-refractivity contribution in [3.05, 3.63) is 46.5 Å². The number of hydrogen-bond donors (Lipinski definition) is 2. The number of carbonyl (C=O) groups excluding carboxylic acids is 2. The number of benzene rings is 1. The molecule has 4 rings (SSSR count). The Balaban J connectivity index is 1.54. The van der Waals surface area contributed by atoms with Crippen molar-refractivity contribution in [2.45, 2.75) is 23.0 Å². The molecule has 0 spiro atoms. The minimum atomic E-state index is -1.21. The number of tetrazole rings is 1. The van der Waals surface area contributed by atoms with E-state index in [-0.39, 0.29) is 18.0 Å². The van der Waals surface area contributed by atoms with Crippen LogP contribution >= 0.6 is 23.5 Å². The van der Waals surface area contributed by atoms with Gasteiger partial charge in [-0.15, -0.1) is 5.10 Å². The Morgan fingerprint density at radius 3 is 2.67 bits per heavy atom. The molecule has 1 amide bonds. The highest BCUT2D eigenvalue weighted by atomic mass is 32.2. The lowest BCUT2D eigenvalue weighted by Crippen LogP contribution is -2.69. The number of carbonyl (C=O) groups is 3. The summed E-state index contributed by atoms with van der Waals surface area (Å²) in [4.78, 5) is 38.8. The molecule has 0 saturated carbocycles. The van der Waals surface area contributed by atoms with E-state index >= 15 is 0 Å². The zero-order chi connectivity index (χ0) is 21.4. The van der Waals surface area contributed by atoms with Crippen LogP contribution in [0.2, 0.25) is 0 Å². The number of carboxylic acid groups (broad SMARTS) is 1. The summed E-state index contributed by atoms with van der Waals surface area (Å²) in [7, 11) is 1.67. The van der Waals surface area contributed by atoms with E-state index in [4.69, 9.17) is 5.73 Å². The summed E-state index contributed by atoms with van der Waals surface area (Å²) >= 11 is 2.39. The van der Waals surface area contributed by atoms with E-state index in [1.165, 1.54) is 21.3 Å². The molecule has 10 nitrogen and oxygen atoms in total. The second kappa shape index (κ2) is 8.11. The van der Waals surface area contributed by atoms with Crippen LogP contribution in [0.25, 0.3) is 0 Å². The van der Waals surface area contributed by atoms with Crippen molar-refractivity contribution in [3.63, 3.8) is 0 Å². The smallest absolute Gasteiger partial charge is 0.330 e. The number of hydrogen-bond acceptors (Lipinski definition) is 9. The summed E-state index contributed by atoms with van der Waals surface area (Å²) in [5.74, 6) is -2.58. The predicted octanol–water partition coefficient (Wildman–Crippen LogP) is 0.269. The number of β-lactam (4-membered cyclic amide) rings is 1. The van der Waals surface area contributed by atoms with Crippen LogP contribution in [0.15, 0.2) is 46.1 Å². The van der Waals surface area contributed by atoms with Crippen molar-refractivity contribution in [2.24, 2.45) is 18.7 Å². The first-order chi connectivity index (χ1) is 14.4. The molecule has 1 saturated heterocycles. The standard InChI is InChI=1S/C18H18N6O4S2/c1-23-18(20-21-22-23)29-8-10-13(17(27)28)24-15(26)12(16(24)30-14(10)19)11(25)7-9-5-3-2-4-6-9/h2-6,12-13,16H,7-8,19H2,1H3,(H,27,28)/t12-,13-,16-/m1/s1. The van der Waals surface area contributed by atoms with Crippen LogP contribution in [0, 0.1) is 5.92 Å². The van der Waals surface area contributed by atoms with Gasteiger partial charge in [0.25, 0.3) is 0 Å². The molecule has 0 radical (unpaired) electrons. The maximum Gasteiger partial charge on any atom is 0.330 e. The Morgan fingerprint density at radius 1 is 1.30 bits per heavy atom. The summed E-state index contributed by atoms with van der Waals surface area (Å²) in [5.41, 5.74) is 7.40. The number of aryl methyl sites for hydroxylation is 1. The third-order valence-electron chi connectivity index (χ3n) is 4.99. The molecular weight excluding hydrogens is 428 g/mol. The molecule has 0 unspecified atom stereocenters. The number of nitrogens with two attached hydrogens (primary N) is 1. The summed E-state index contributed by atoms with van der Waals surface area (Å²) in [6.07, 6.45) is 0.116. The van der Waals surface area contributed by atoms with Gasteiger partial charge in [-0.2, -0.15) is 0 Å². The topological polar surface area (TPSA) is 144 Å². The van der Waals surface area contributed by atoms with Gasteiger partial charge >= 0.3 is 5.97 Å². The molecule has 3 heterocycles. The number of nitrogens with zero attached hydrogens (tertiary/aromatic N) is 5. The van der Waals surface area contributed by atoms with Crippen molar-refractivity contribution in [3.8, 4) is 0 Å². The van der Waals surface area contributed by atoms with Crippen LogP contribution in [0.3, 0.4) is 0 Å². The highest BCUT2D eigenvalue weighted by Gasteiger charge is 2.58. The zero-order valence-electron chi connectivity index (χ0n) is 15.8. The minimum Gasteiger partial charge on any atom is -0.479 e. The lowest BCUT2D eigenvalue weighted by atomic mass is 9.87. The molecule has 2 aliphatic heterocycles. The summed E-state index contributed by atoms with van der Waals surface area (Å²) in [5, 5.41) is 21.1. The maximum absolute atomic E-state index is 12.8.